The number of phenolic OH excluding ortho intramolecular Hbond substituents is 1. The van der Waals surface area contributed by atoms with E-state index in [1.165, 1.54) is 42.5 Å². The number of ketones is 1. The summed E-state index contributed by atoms with van der Waals surface area (Å²) < 4.78 is 0. The van der Waals surface area contributed by atoms with Gasteiger partial charge in [0.25, 0.3) is 5.91 Å². The predicted octanol–water partition coefficient (Wildman–Crippen LogP) is 5.01. The number of halogens is 3. The van der Waals surface area contributed by atoms with Crippen molar-refractivity contribution < 1.29 is 24.6 Å². The van der Waals surface area contributed by atoms with Crippen LogP contribution in [0.25, 0.3) is 0 Å². The maximum absolute atomic E-state index is 13.2. The minimum absolute atomic E-state index is 0.0123. The van der Waals surface area contributed by atoms with Gasteiger partial charge < -0.3 is 15.5 Å². The van der Waals surface area contributed by atoms with Gasteiger partial charge in [0.1, 0.15) is 11.8 Å². The van der Waals surface area contributed by atoms with Gasteiger partial charge in [-0.1, -0.05) is 59.1 Å². The molecule has 3 rings (SSSR count). The van der Waals surface area contributed by atoms with E-state index in [1.807, 2.05) is 0 Å². The Morgan fingerprint density at radius 2 is 1.47 bits per heavy atom. The summed E-state index contributed by atoms with van der Waals surface area (Å²) in [5, 5.41) is 22.4. The molecule has 0 saturated carbocycles. The van der Waals surface area contributed by atoms with Crippen molar-refractivity contribution in [2.75, 3.05) is 0 Å². The van der Waals surface area contributed by atoms with Crippen LogP contribution in [0.15, 0.2) is 60.7 Å². The highest BCUT2D eigenvalue weighted by molar-refractivity contribution is 6.41. The van der Waals surface area contributed by atoms with Crippen molar-refractivity contribution in [3.8, 4) is 5.75 Å². The number of nitrogens with one attached hydrogen (secondary N) is 1. The molecule has 1 amide bonds. The summed E-state index contributed by atoms with van der Waals surface area (Å²) in [7, 11) is 0. The number of aliphatic carboxylic acids is 1. The Morgan fingerprint density at radius 1 is 0.844 bits per heavy atom. The summed E-state index contributed by atoms with van der Waals surface area (Å²) in [6.07, 6.45) is -0.241. The topological polar surface area (TPSA) is 104 Å². The fourth-order valence-electron chi connectivity index (χ4n) is 3.10. The van der Waals surface area contributed by atoms with Crippen LogP contribution in [0, 0.1) is 0 Å². The van der Waals surface area contributed by atoms with Crippen LogP contribution in [0.3, 0.4) is 0 Å². The first kappa shape index (κ1) is 23.6. The summed E-state index contributed by atoms with van der Waals surface area (Å²) in [6, 6.07) is 13.3. The van der Waals surface area contributed by atoms with Gasteiger partial charge in [-0.15, -0.1) is 0 Å². The summed E-state index contributed by atoms with van der Waals surface area (Å²) in [5.41, 5.74) is 0.425. The van der Waals surface area contributed by atoms with Gasteiger partial charge in [-0.2, -0.15) is 0 Å². The van der Waals surface area contributed by atoms with E-state index in [0.29, 0.717) is 0 Å². The molecule has 32 heavy (non-hydrogen) atoms. The normalized spacial score (nSPS) is 11.6. The van der Waals surface area contributed by atoms with Crippen molar-refractivity contribution in [1.29, 1.82) is 0 Å². The molecule has 6 nitrogen and oxygen atoms in total. The highest BCUT2D eigenvalue weighted by Crippen LogP contribution is 2.30. The van der Waals surface area contributed by atoms with Gasteiger partial charge in [-0.3, -0.25) is 9.59 Å². The van der Waals surface area contributed by atoms with E-state index < -0.39 is 23.7 Å². The number of carboxylic acid groups (broad SMARTS) is 1. The molecule has 0 aliphatic heterocycles. The summed E-state index contributed by atoms with van der Waals surface area (Å²) >= 11 is 18.3. The Balaban J connectivity index is 1.95. The largest absolute Gasteiger partial charge is 0.508 e. The molecule has 3 N–H and O–H groups in total. The number of phenols is 1. The van der Waals surface area contributed by atoms with E-state index in [1.54, 1.807) is 18.2 Å². The lowest BCUT2D eigenvalue weighted by Crippen LogP contribution is -2.42. The van der Waals surface area contributed by atoms with Gasteiger partial charge in [0.05, 0.1) is 26.2 Å². The number of carbonyl (C=O) groups is 3. The Bertz CT molecular complexity index is 1190. The molecule has 0 aliphatic carbocycles. The molecular formula is C23H16Cl3NO5. The molecule has 0 fully saturated rings. The predicted molar refractivity (Wildman–Crippen MR) is 122 cm³/mol. The molecule has 0 aromatic heterocycles. The third-order valence-corrected chi connectivity index (χ3v) is 5.63. The quantitative estimate of drug-likeness (QED) is 0.402. The van der Waals surface area contributed by atoms with Gasteiger partial charge in [0, 0.05) is 12.0 Å². The third-order valence-electron chi connectivity index (χ3n) is 4.67. The van der Waals surface area contributed by atoms with Crippen LogP contribution < -0.4 is 5.32 Å². The molecule has 0 saturated heterocycles. The Kier molecular flexibility index (Phi) is 7.40. The summed E-state index contributed by atoms with van der Waals surface area (Å²) in [4.78, 5) is 37.6. The number of rotatable bonds is 7. The first-order valence-electron chi connectivity index (χ1n) is 9.28. The van der Waals surface area contributed by atoms with Crippen LogP contribution in [0.5, 0.6) is 5.75 Å². The number of carboxylic acids is 1. The summed E-state index contributed by atoms with van der Waals surface area (Å²) in [5.74, 6) is -2.78. The average Bonchev–Trinajstić information content (AvgIpc) is 2.74. The van der Waals surface area contributed by atoms with Crippen LogP contribution in [0.2, 0.25) is 15.1 Å². The third kappa shape index (κ3) is 5.22. The van der Waals surface area contributed by atoms with Crippen molar-refractivity contribution in [3.63, 3.8) is 0 Å². The molecule has 0 heterocycles. The Hall–Kier alpha value is -3.06. The van der Waals surface area contributed by atoms with Crippen molar-refractivity contribution in [2.24, 2.45) is 0 Å². The number of benzene rings is 3. The van der Waals surface area contributed by atoms with Crippen LogP contribution in [0.4, 0.5) is 0 Å². The first-order valence-corrected chi connectivity index (χ1v) is 10.4. The number of hydrogen-bond donors (Lipinski definition) is 3. The molecule has 0 spiro atoms. The number of hydrogen-bond acceptors (Lipinski definition) is 4. The maximum atomic E-state index is 13.2. The zero-order chi connectivity index (χ0) is 23.4. The smallest absolute Gasteiger partial charge is 0.326 e. The van der Waals surface area contributed by atoms with Crippen molar-refractivity contribution in [2.45, 2.75) is 12.5 Å². The van der Waals surface area contributed by atoms with Crippen molar-refractivity contribution in [3.05, 3.63) is 98.0 Å². The number of amides is 1. The lowest BCUT2D eigenvalue weighted by Gasteiger charge is -2.18. The minimum atomic E-state index is -1.38. The molecule has 1 atom stereocenters. The second-order valence-electron chi connectivity index (χ2n) is 6.82. The Labute approximate surface area is 198 Å². The molecule has 0 bridgehead atoms. The zero-order valence-corrected chi connectivity index (χ0v) is 18.6. The second-order valence-corrected chi connectivity index (χ2v) is 8.04. The fraction of sp³-hybridized carbons (Fsp3) is 0.0870. The number of aromatic hydroxyl groups is 1. The van der Waals surface area contributed by atoms with E-state index in [9.17, 15) is 24.6 Å². The Morgan fingerprint density at radius 3 is 2.09 bits per heavy atom. The van der Waals surface area contributed by atoms with Crippen LogP contribution in [-0.4, -0.2) is 33.9 Å². The SMILES string of the molecule is O=C(N[C@@H](Cc1ccc(O)cc1C(=O)c1c(Cl)cccc1Cl)C(=O)O)c1ccccc1Cl. The van der Waals surface area contributed by atoms with E-state index in [4.69, 9.17) is 34.8 Å². The summed E-state index contributed by atoms with van der Waals surface area (Å²) in [6.45, 7) is 0. The van der Waals surface area contributed by atoms with Crippen LogP contribution in [-0.2, 0) is 11.2 Å². The molecular weight excluding hydrogens is 477 g/mol. The van der Waals surface area contributed by atoms with Crippen molar-refractivity contribution in [1.82, 2.24) is 5.32 Å². The van der Waals surface area contributed by atoms with Gasteiger partial charge in [0.15, 0.2) is 5.78 Å². The van der Waals surface area contributed by atoms with E-state index >= 15 is 0 Å². The maximum Gasteiger partial charge on any atom is 0.326 e. The average molecular weight is 493 g/mol. The second kappa shape index (κ2) is 10.0. The van der Waals surface area contributed by atoms with Crippen LogP contribution in [0.1, 0.15) is 31.8 Å². The molecule has 3 aromatic carbocycles. The van der Waals surface area contributed by atoms with Gasteiger partial charge >= 0.3 is 5.97 Å². The standard InChI is InChI=1S/C23H16Cl3NO5/c24-16-5-2-1-4-14(16)22(30)27-19(23(31)32)10-12-8-9-13(28)11-15(12)21(29)20-17(25)6-3-7-18(20)26/h1-9,11,19,28H,10H2,(H,27,30)(H,31,32)/t19-/m0/s1. The minimum Gasteiger partial charge on any atom is -0.508 e. The molecule has 0 unspecified atom stereocenters. The molecule has 0 radical (unpaired) electrons. The fourth-order valence-corrected chi connectivity index (χ4v) is 3.90. The van der Waals surface area contributed by atoms with Gasteiger partial charge in [0.2, 0.25) is 0 Å². The van der Waals surface area contributed by atoms with Gasteiger partial charge in [-0.25, -0.2) is 4.79 Å². The lowest BCUT2D eigenvalue weighted by molar-refractivity contribution is -0.139. The van der Waals surface area contributed by atoms with E-state index in [2.05, 4.69) is 5.32 Å². The molecule has 0 aliphatic rings. The lowest BCUT2D eigenvalue weighted by atomic mass is 9.93. The van der Waals surface area contributed by atoms with Gasteiger partial charge in [-0.05, 0) is 42.0 Å². The first-order chi connectivity index (χ1) is 15.2. The number of carbonyl (C=O) groups excluding carboxylic acids is 2. The van der Waals surface area contributed by atoms with Crippen molar-refractivity contribution >= 4 is 52.5 Å². The highest BCUT2D eigenvalue weighted by atomic mass is 35.5. The monoisotopic (exact) mass is 491 g/mol. The van der Waals surface area contributed by atoms with Crippen LogP contribution >= 0.6 is 34.8 Å². The highest BCUT2D eigenvalue weighted by Gasteiger charge is 2.26. The molecule has 3 aromatic rings. The molecule has 164 valence electrons. The van der Waals surface area contributed by atoms with E-state index in [-0.39, 0.29) is 49.5 Å². The molecule has 9 heteroatoms. The van der Waals surface area contributed by atoms with E-state index in [0.717, 1.165) is 0 Å². The zero-order valence-electron chi connectivity index (χ0n) is 16.3.